The van der Waals surface area contributed by atoms with Crippen LogP contribution in [0, 0.1) is 11.6 Å². The van der Waals surface area contributed by atoms with E-state index in [4.69, 9.17) is 5.73 Å². The Hall–Kier alpha value is -2.27. The second-order valence-electron chi connectivity index (χ2n) is 4.73. The minimum atomic E-state index is -0.796. The first kappa shape index (κ1) is 15.1. The third-order valence-electron chi connectivity index (χ3n) is 3.12. The highest BCUT2D eigenvalue weighted by Crippen LogP contribution is 2.18. The van der Waals surface area contributed by atoms with Crippen molar-refractivity contribution in [2.45, 2.75) is 18.9 Å². The van der Waals surface area contributed by atoms with Gasteiger partial charge in [-0.1, -0.05) is 30.3 Å². The molecule has 0 aliphatic carbocycles. The van der Waals surface area contributed by atoms with Crippen LogP contribution in [0.25, 0.3) is 0 Å². The van der Waals surface area contributed by atoms with E-state index in [2.05, 4.69) is 5.32 Å². The Bertz CT molecular complexity index is 617. The predicted octanol–water partition coefficient (Wildman–Crippen LogP) is 3.38. The van der Waals surface area contributed by atoms with Crippen molar-refractivity contribution in [1.29, 1.82) is 0 Å². The lowest BCUT2D eigenvalue weighted by Crippen LogP contribution is -2.17. The van der Waals surface area contributed by atoms with E-state index in [1.54, 1.807) is 0 Å². The monoisotopic (exact) mass is 290 g/mol. The molecular formula is C16H16F2N2O. The van der Waals surface area contributed by atoms with Gasteiger partial charge >= 0.3 is 0 Å². The van der Waals surface area contributed by atoms with E-state index in [9.17, 15) is 13.6 Å². The summed E-state index contributed by atoms with van der Waals surface area (Å²) in [7, 11) is 0. The maximum Gasteiger partial charge on any atom is 0.224 e. The van der Waals surface area contributed by atoms with E-state index in [0.29, 0.717) is 6.42 Å². The molecule has 0 aliphatic heterocycles. The zero-order chi connectivity index (χ0) is 15.2. The van der Waals surface area contributed by atoms with E-state index in [1.807, 2.05) is 30.3 Å². The molecule has 0 saturated heterocycles. The molecule has 0 aliphatic rings. The van der Waals surface area contributed by atoms with E-state index in [-0.39, 0.29) is 24.1 Å². The number of halogens is 2. The van der Waals surface area contributed by atoms with Crippen molar-refractivity contribution in [3.05, 3.63) is 65.7 Å². The maximum atomic E-state index is 13.4. The Labute approximate surface area is 121 Å². The Kier molecular flexibility index (Phi) is 5.00. The van der Waals surface area contributed by atoms with Crippen molar-refractivity contribution in [1.82, 2.24) is 0 Å². The molecular weight excluding hydrogens is 274 g/mol. The number of nitrogens with one attached hydrogen (secondary N) is 1. The molecule has 3 nitrogen and oxygen atoms in total. The van der Waals surface area contributed by atoms with Crippen LogP contribution < -0.4 is 11.1 Å². The molecule has 1 unspecified atom stereocenters. The molecule has 0 bridgehead atoms. The van der Waals surface area contributed by atoms with Crippen molar-refractivity contribution in [3.63, 3.8) is 0 Å². The van der Waals surface area contributed by atoms with Gasteiger partial charge in [0.1, 0.15) is 11.6 Å². The lowest BCUT2D eigenvalue weighted by Gasteiger charge is -2.12. The summed E-state index contributed by atoms with van der Waals surface area (Å²) >= 11 is 0. The SMILES string of the molecule is NC(CCC(=O)Nc1ccc(F)cc1F)c1ccccc1. The maximum absolute atomic E-state index is 13.4. The molecule has 0 saturated carbocycles. The Morgan fingerprint density at radius 1 is 1.14 bits per heavy atom. The number of hydrogen-bond donors (Lipinski definition) is 2. The molecule has 0 fully saturated rings. The molecule has 21 heavy (non-hydrogen) atoms. The molecule has 0 spiro atoms. The van der Waals surface area contributed by atoms with Crippen LogP contribution in [0.4, 0.5) is 14.5 Å². The first-order chi connectivity index (χ1) is 10.1. The Morgan fingerprint density at radius 3 is 2.52 bits per heavy atom. The first-order valence-electron chi connectivity index (χ1n) is 6.61. The van der Waals surface area contributed by atoms with Crippen molar-refractivity contribution in [2.24, 2.45) is 5.73 Å². The topological polar surface area (TPSA) is 55.1 Å². The van der Waals surface area contributed by atoms with E-state index >= 15 is 0 Å². The number of anilines is 1. The van der Waals surface area contributed by atoms with Crippen LogP contribution in [-0.2, 0) is 4.79 Å². The van der Waals surface area contributed by atoms with Gasteiger partial charge in [-0.2, -0.15) is 0 Å². The molecule has 3 N–H and O–H groups in total. The van der Waals surface area contributed by atoms with Gasteiger partial charge < -0.3 is 11.1 Å². The normalized spacial score (nSPS) is 12.0. The quantitative estimate of drug-likeness (QED) is 0.887. The van der Waals surface area contributed by atoms with Crippen LogP contribution in [0.15, 0.2) is 48.5 Å². The van der Waals surface area contributed by atoms with Crippen molar-refractivity contribution >= 4 is 11.6 Å². The molecule has 0 aromatic heterocycles. The number of carbonyl (C=O) groups excluding carboxylic acids is 1. The fourth-order valence-corrected chi connectivity index (χ4v) is 1.96. The third kappa shape index (κ3) is 4.36. The van der Waals surface area contributed by atoms with Gasteiger partial charge in [0.15, 0.2) is 0 Å². The summed E-state index contributed by atoms with van der Waals surface area (Å²) < 4.78 is 26.2. The minimum Gasteiger partial charge on any atom is -0.324 e. The smallest absolute Gasteiger partial charge is 0.224 e. The number of hydrogen-bond acceptors (Lipinski definition) is 2. The summed E-state index contributed by atoms with van der Waals surface area (Å²) in [6.07, 6.45) is 0.603. The van der Waals surface area contributed by atoms with Crippen LogP contribution >= 0.6 is 0 Å². The molecule has 1 atom stereocenters. The van der Waals surface area contributed by atoms with Crippen LogP contribution in [0.2, 0.25) is 0 Å². The number of amides is 1. The van der Waals surface area contributed by atoms with Gasteiger partial charge in [0.05, 0.1) is 5.69 Å². The summed E-state index contributed by atoms with van der Waals surface area (Å²) in [5.74, 6) is -1.83. The molecule has 2 aromatic carbocycles. The van der Waals surface area contributed by atoms with Crippen LogP contribution in [0.1, 0.15) is 24.4 Å². The molecule has 0 radical (unpaired) electrons. The first-order valence-corrected chi connectivity index (χ1v) is 6.61. The average Bonchev–Trinajstić information content (AvgIpc) is 2.48. The molecule has 2 rings (SSSR count). The Balaban J connectivity index is 1.87. The third-order valence-corrected chi connectivity index (χ3v) is 3.12. The van der Waals surface area contributed by atoms with Gasteiger partial charge in [0.2, 0.25) is 5.91 Å². The highest BCUT2D eigenvalue weighted by molar-refractivity contribution is 5.90. The number of nitrogens with two attached hydrogens (primary N) is 1. The zero-order valence-electron chi connectivity index (χ0n) is 11.4. The fourth-order valence-electron chi connectivity index (χ4n) is 1.96. The van der Waals surface area contributed by atoms with Gasteiger partial charge in [-0.25, -0.2) is 8.78 Å². The molecule has 1 amide bonds. The zero-order valence-corrected chi connectivity index (χ0v) is 11.4. The molecule has 110 valence electrons. The number of benzene rings is 2. The Morgan fingerprint density at radius 2 is 1.86 bits per heavy atom. The molecule has 2 aromatic rings. The highest BCUT2D eigenvalue weighted by Gasteiger charge is 2.11. The van der Waals surface area contributed by atoms with Gasteiger partial charge in [-0.3, -0.25) is 4.79 Å². The van der Waals surface area contributed by atoms with Gasteiger partial charge in [-0.05, 0) is 24.1 Å². The average molecular weight is 290 g/mol. The lowest BCUT2D eigenvalue weighted by atomic mass is 10.0. The van der Waals surface area contributed by atoms with Gasteiger partial charge in [0, 0.05) is 18.5 Å². The second-order valence-corrected chi connectivity index (χ2v) is 4.73. The van der Waals surface area contributed by atoms with E-state index in [1.165, 1.54) is 6.07 Å². The summed E-state index contributed by atoms with van der Waals surface area (Å²) in [5.41, 5.74) is 6.89. The van der Waals surface area contributed by atoms with E-state index in [0.717, 1.165) is 17.7 Å². The molecule has 0 heterocycles. The van der Waals surface area contributed by atoms with Crippen LogP contribution in [-0.4, -0.2) is 5.91 Å². The van der Waals surface area contributed by atoms with Crippen LogP contribution in [0.5, 0.6) is 0 Å². The number of carbonyl (C=O) groups is 1. The highest BCUT2D eigenvalue weighted by atomic mass is 19.1. The summed E-state index contributed by atoms with van der Waals surface area (Å²) in [4.78, 5) is 11.8. The van der Waals surface area contributed by atoms with Crippen molar-refractivity contribution < 1.29 is 13.6 Å². The van der Waals surface area contributed by atoms with Gasteiger partial charge in [-0.15, -0.1) is 0 Å². The molecule has 5 heteroatoms. The second kappa shape index (κ2) is 6.95. The summed E-state index contributed by atoms with van der Waals surface area (Å²) in [6, 6.07) is 12.2. The largest absolute Gasteiger partial charge is 0.324 e. The predicted molar refractivity (Wildman–Crippen MR) is 77.6 cm³/mol. The number of rotatable bonds is 5. The van der Waals surface area contributed by atoms with Crippen LogP contribution in [0.3, 0.4) is 0 Å². The lowest BCUT2D eigenvalue weighted by molar-refractivity contribution is -0.116. The fraction of sp³-hybridized carbons (Fsp3) is 0.188. The summed E-state index contributed by atoms with van der Waals surface area (Å²) in [5, 5.41) is 2.41. The minimum absolute atomic E-state index is 0.0327. The standard InChI is InChI=1S/C16H16F2N2O/c17-12-6-8-15(13(18)10-12)20-16(21)9-7-14(19)11-4-2-1-3-5-11/h1-6,8,10,14H,7,9,19H2,(H,20,21). The van der Waals surface area contributed by atoms with Crippen molar-refractivity contribution in [2.75, 3.05) is 5.32 Å². The van der Waals surface area contributed by atoms with E-state index < -0.39 is 11.6 Å². The summed E-state index contributed by atoms with van der Waals surface area (Å²) in [6.45, 7) is 0. The van der Waals surface area contributed by atoms with Crippen molar-refractivity contribution in [3.8, 4) is 0 Å². The van der Waals surface area contributed by atoms with Gasteiger partial charge in [0.25, 0.3) is 0 Å².